The van der Waals surface area contributed by atoms with E-state index in [1.54, 1.807) is 11.3 Å². The Labute approximate surface area is 77.6 Å². The number of nitrogens with two attached hydrogens (primary N) is 1. The van der Waals surface area contributed by atoms with Gasteiger partial charge >= 0.3 is 0 Å². The van der Waals surface area contributed by atoms with Crippen molar-refractivity contribution in [3.05, 3.63) is 22.4 Å². The SMILES string of the molecule is N[C@H](c1cccs1)C1CCCC1. The van der Waals surface area contributed by atoms with E-state index in [4.69, 9.17) is 5.73 Å². The molecule has 0 saturated heterocycles. The fourth-order valence-electron chi connectivity index (χ4n) is 2.03. The largest absolute Gasteiger partial charge is 0.323 e. The normalized spacial score (nSPS) is 21.4. The van der Waals surface area contributed by atoms with E-state index in [1.807, 2.05) is 0 Å². The minimum Gasteiger partial charge on any atom is -0.323 e. The molecule has 1 fully saturated rings. The Morgan fingerprint density at radius 3 is 2.75 bits per heavy atom. The summed E-state index contributed by atoms with van der Waals surface area (Å²) >= 11 is 1.79. The lowest BCUT2D eigenvalue weighted by atomic mass is 9.98. The molecule has 0 amide bonds. The molecule has 0 aromatic carbocycles. The highest BCUT2D eigenvalue weighted by Crippen LogP contribution is 2.35. The Morgan fingerprint density at radius 1 is 1.42 bits per heavy atom. The van der Waals surface area contributed by atoms with Crippen LogP contribution in [-0.2, 0) is 0 Å². The van der Waals surface area contributed by atoms with E-state index < -0.39 is 0 Å². The number of hydrogen-bond donors (Lipinski definition) is 1. The van der Waals surface area contributed by atoms with E-state index in [-0.39, 0.29) is 0 Å². The molecule has 1 aromatic heterocycles. The molecule has 12 heavy (non-hydrogen) atoms. The van der Waals surface area contributed by atoms with E-state index in [0.29, 0.717) is 6.04 Å². The molecule has 0 unspecified atom stereocenters. The summed E-state index contributed by atoms with van der Waals surface area (Å²) in [5, 5.41) is 2.12. The summed E-state index contributed by atoms with van der Waals surface area (Å²) in [6.45, 7) is 0. The molecular weight excluding hydrogens is 166 g/mol. The molecule has 1 aliphatic carbocycles. The number of rotatable bonds is 2. The van der Waals surface area contributed by atoms with Crippen LogP contribution in [0.2, 0.25) is 0 Å². The van der Waals surface area contributed by atoms with Crippen molar-refractivity contribution in [2.45, 2.75) is 31.7 Å². The molecule has 1 aromatic rings. The molecule has 2 rings (SSSR count). The van der Waals surface area contributed by atoms with Gasteiger partial charge in [-0.05, 0) is 30.2 Å². The minimum atomic E-state index is 0.312. The van der Waals surface area contributed by atoms with Crippen LogP contribution in [0.3, 0.4) is 0 Å². The minimum absolute atomic E-state index is 0.312. The summed E-state index contributed by atoms with van der Waals surface area (Å²) < 4.78 is 0. The molecule has 1 nitrogen and oxygen atoms in total. The van der Waals surface area contributed by atoms with Crippen molar-refractivity contribution in [1.29, 1.82) is 0 Å². The molecule has 2 N–H and O–H groups in total. The molecule has 0 spiro atoms. The Hall–Kier alpha value is -0.340. The number of hydrogen-bond acceptors (Lipinski definition) is 2. The Balaban J connectivity index is 2.04. The van der Waals surface area contributed by atoms with Gasteiger partial charge in [-0.15, -0.1) is 11.3 Å². The maximum Gasteiger partial charge on any atom is 0.0418 e. The van der Waals surface area contributed by atoms with Crippen molar-refractivity contribution in [2.24, 2.45) is 11.7 Å². The summed E-state index contributed by atoms with van der Waals surface area (Å²) in [4.78, 5) is 1.36. The first kappa shape index (κ1) is 8.27. The third-order valence-electron chi connectivity index (χ3n) is 2.78. The van der Waals surface area contributed by atoms with Gasteiger partial charge in [0.2, 0.25) is 0 Å². The van der Waals surface area contributed by atoms with Gasteiger partial charge in [-0.1, -0.05) is 18.9 Å². The van der Waals surface area contributed by atoms with Crippen molar-refractivity contribution < 1.29 is 0 Å². The van der Waals surface area contributed by atoms with Crippen molar-refractivity contribution in [1.82, 2.24) is 0 Å². The summed E-state index contributed by atoms with van der Waals surface area (Å²) in [6, 6.07) is 4.56. The fourth-order valence-corrected chi connectivity index (χ4v) is 2.85. The molecule has 2 heteroatoms. The molecule has 0 bridgehead atoms. The summed E-state index contributed by atoms with van der Waals surface area (Å²) in [5.74, 6) is 0.753. The lowest BCUT2D eigenvalue weighted by Crippen LogP contribution is -2.17. The van der Waals surface area contributed by atoms with E-state index in [0.717, 1.165) is 5.92 Å². The zero-order valence-corrected chi connectivity index (χ0v) is 8.02. The van der Waals surface area contributed by atoms with Crippen molar-refractivity contribution in [3.8, 4) is 0 Å². The van der Waals surface area contributed by atoms with Crippen LogP contribution in [0.15, 0.2) is 17.5 Å². The van der Waals surface area contributed by atoms with Crippen LogP contribution >= 0.6 is 11.3 Å². The van der Waals surface area contributed by atoms with Crippen molar-refractivity contribution >= 4 is 11.3 Å². The average molecular weight is 181 g/mol. The van der Waals surface area contributed by atoms with Gasteiger partial charge in [0.25, 0.3) is 0 Å². The smallest absolute Gasteiger partial charge is 0.0418 e. The predicted molar refractivity (Wildman–Crippen MR) is 53.2 cm³/mol. The van der Waals surface area contributed by atoms with Gasteiger partial charge in [0.15, 0.2) is 0 Å². The van der Waals surface area contributed by atoms with Crippen LogP contribution in [-0.4, -0.2) is 0 Å². The van der Waals surface area contributed by atoms with E-state index in [2.05, 4.69) is 17.5 Å². The molecule has 0 aliphatic heterocycles. The predicted octanol–water partition coefficient (Wildman–Crippen LogP) is 2.94. The van der Waals surface area contributed by atoms with Gasteiger partial charge in [0.1, 0.15) is 0 Å². The first-order valence-electron chi connectivity index (χ1n) is 4.67. The fraction of sp³-hybridized carbons (Fsp3) is 0.600. The lowest BCUT2D eigenvalue weighted by molar-refractivity contribution is 0.450. The topological polar surface area (TPSA) is 26.0 Å². The molecule has 1 aliphatic rings. The summed E-state index contributed by atoms with van der Waals surface area (Å²) in [5.41, 5.74) is 6.16. The second kappa shape index (κ2) is 3.58. The van der Waals surface area contributed by atoms with Crippen LogP contribution in [0.4, 0.5) is 0 Å². The lowest BCUT2D eigenvalue weighted by Gasteiger charge is -2.16. The quantitative estimate of drug-likeness (QED) is 0.746. The van der Waals surface area contributed by atoms with Crippen LogP contribution < -0.4 is 5.73 Å². The Morgan fingerprint density at radius 2 is 2.17 bits per heavy atom. The van der Waals surface area contributed by atoms with Crippen LogP contribution in [0.5, 0.6) is 0 Å². The first-order chi connectivity index (χ1) is 5.88. The highest BCUT2D eigenvalue weighted by Gasteiger charge is 2.23. The van der Waals surface area contributed by atoms with E-state index in [1.165, 1.54) is 30.6 Å². The maximum absolute atomic E-state index is 6.16. The van der Waals surface area contributed by atoms with Gasteiger partial charge in [-0.3, -0.25) is 0 Å². The molecule has 66 valence electrons. The molecule has 1 heterocycles. The highest BCUT2D eigenvalue weighted by molar-refractivity contribution is 7.10. The second-order valence-corrected chi connectivity index (χ2v) is 4.57. The van der Waals surface area contributed by atoms with Gasteiger partial charge in [-0.2, -0.15) is 0 Å². The van der Waals surface area contributed by atoms with Crippen molar-refractivity contribution in [2.75, 3.05) is 0 Å². The zero-order chi connectivity index (χ0) is 8.39. The zero-order valence-electron chi connectivity index (χ0n) is 7.20. The molecule has 1 atom stereocenters. The molecule has 1 saturated carbocycles. The molecular formula is C10H15NS. The standard InChI is InChI=1S/C10H15NS/c11-10(8-4-1-2-5-8)9-6-3-7-12-9/h3,6-8,10H,1-2,4-5,11H2/t10-/m0/s1. The second-order valence-electron chi connectivity index (χ2n) is 3.59. The van der Waals surface area contributed by atoms with E-state index >= 15 is 0 Å². The Kier molecular flexibility index (Phi) is 2.47. The Bertz CT molecular complexity index is 224. The summed E-state index contributed by atoms with van der Waals surface area (Å²) in [7, 11) is 0. The van der Waals surface area contributed by atoms with Crippen LogP contribution in [0, 0.1) is 5.92 Å². The van der Waals surface area contributed by atoms with E-state index in [9.17, 15) is 0 Å². The number of thiophene rings is 1. The van der Waals surface area contributed by atoms with Crippen molar-refractivity contribution in [3.63, 3.8) is 0 Å². The van der Waals surface area contributed by atoms with Crippen LogP contribution in [0.1, 0.15) is 36.6 Å². The third kappa shape index (κ3) is 1.54. The van der Waals surface area contributed by atoms with Gasteiger partial charge in [-0.25, -0.2) is 0 Å². The summed E-state index contributed by atoms with van der Waals surface area (Å²) in [6.07, 6.45) is 5.42. The van der Waals surface area contributed by atoms with Gasteiger partial charge < -0.3 is 5.73 Å². The first-order valence-corrected chi connectivity index (χ1v) is 5.55. The highest BCUT2D eigenvalue weighted by atomic mass is 32.1. The monoisotopic (exact) mass is 181 g/mol. The average Bonchev–Trinajstić information content (AvgIpc) is 2.77. The van der Waals surface area contributed by atoms with Crippen LogP contribution in [0.25, 0.3) is 0 Å². The maximum atomic E-state index is 6.16. The molecule has 0 radical (unpaired) electrons. The van der Waals surface area contributed by atoms with Gasteiger partial charge in [0.05, 0.1) is 0 Å². The third-order valence-corrected chi connectivity index (χ3v) is 3.75. The van der Waals surface area contributed by atoms with Gasteiger partial charge in [0, 0.05) is 10.9 Å².